The van der Waals surface area contributed by atoms with E-state index < -0.39 is 0 Å². The molecule has 1 unspecified atom stereocenters. The van der Waals surface area contributed by atoms with Crippen LogP contribution in [-0.2, 0) is 6.54 Å². The first-order valence-corrected chi connectivity index (χ1v) is 4.99. The van der Waals surface area contributed by atoms with Gasteiger partial charge in [0.25, 0.3) is 0 Å². The quantitative estimate of drug-likeness (QED) is 0.685. The van der Waals surface area contributed by atoms with Crippen molar-refractivity contribution in [1.29, 1.82) is 0 Å². The van der Waals surface area contributed by atoms with Crippen LogP contribution in [0.15, 0.2) is 24.5 Å². The Morgan fingerprint density at radius 2 is 2.23 bits per heavy atom. The van der Waals surface area contributed by atoms with Crippen molar-refractivity contribution in [3.63, 3.8) is 0 Å². The molecule has 2 heteroatoms. The molecule has 1 aliphatic rings. The number of pyridine rings is 1. The summed E-state index contributed by atoms with van der Waals surface area (Å²) in [4.78, 5) is 6.56. The minimum atomic E-state index is 0.758. The number of nitrogens with zero attached hydrogens (tertiary/aromatic N) is 2. The Morgan fingerprint density at radius 1 is 1.46 bits per heavy atom. The molecule has 70 valence electrons. The predicted octanol–water partition coefficient (Wildman–Crippen LogP) is 2.07. The number of aromatic nitrogens is 1. The fraction of sp³-hybridized carbons (Fsp3) is 0.545. The number of rotatable bonds is 2. The molecule has 0 amide bonds. The molecule has 0 saturated carbocycles. The lowest BCUT2D eigenvalue weighted by atomic mass is 10.2. The first kappa shape index (κ1) is 8.70. The van der Waals surface area contributed by atoms with Crippen LogP contribution in [0, 0.1) is 0 Å². The van der Waals surface area contributed by atoms with E-state index in [1.54, 1.807) is 0 Å². The van der Waals surface area contributed by atoms with Gasteiger partial charge in [-0.25, -0.2) is 0 Å². The summed E-state index contributed by atoms with van der Waals surface area (Å²) < 4.78 is 0. The molecule has 2 rings (SSSR count). The van der Waals surface area contributed by atoms with E-state index in [1.807, 2.05) is 12.4 Å². The Hall–Kier alpha value is -0.890. The van der Waals surface area contributed by atoms with E-state index >= 15 is 0 Å². The van der Waals surface area contributed by atoms with Crippen LogP contribution in [0.4, 0.5) is 0 Å². The largest absolute Gasteiger partial charge is 0.296 e. The van der Waals surface area contributed by atoms with E-state index in [2.05, 4.69) is 28.9 Å². The van der Waals surface area contributed by atoms with Crippen molar-refractivity contribution in [3.8, 4) is 0 Å². The summed E-state index contributed by atoms with van der Waals surface area (Å²) in [5, 5.41) is 0. The van der Waals surface area contributed by atoms with Crippen molar-refractivity contribution >= 4 is 0 Å². The van der Waals surface area contributed by atoms with Crippen molar-refractivity contribution in [2.24, 2.45) is 0 Å². The molecule has 0 radical (unpaired) electrons. The summed E-state index contributed by atoms with van der Waals surface area (Å²) >= 11 is 0. The predicted molar refractivity (Wildman–Crippen MR) is 53.3 cm³/mol. The molecule has 2 nitrogen and oxygen atoms in total. The summed E-state index contributed by atoms with van der Waals surface area (Å²) in [6, 6.07) is 4.96. The second-order valence-electron chi connectivity index (χ2n) is 3.82. The molecule has 0 aliphatic carbocycles. The molecule has 1 saturated heterocycles. The van der Waals surface area contributed by atoms with Crippen molar-refractivity contribution in [3.05, 3.63) is 30.1 Å². The summed E-state index contributed by atoms with van der Waals surface area (Å²) in [5.41, 5.74) is 1.38. The van der Waals surface area contributed by atoms with E-state index in [-0.39, 0.29) is 0 Å². The second kappa shape index (κ2) is 3.88. The minimum absolute atomic E-state index is 0.758. The van der Waals surface area contributed by atoms with Gasteiger partial charge in [-0.2, -0.15) is 0 Å². The molecule has 1 fully saturated rings. The van der Waals surface area contributed by atoms with E-state index in [0.29, 0.717) is 0 Å². The van der Waals surface area contributed by atoms with Gasteiger partial charge in [0.05, 0.1) is 0 Å². The molecule has 1 aromatic heterocycles. The standard InChI is InChI=1S/C11H16N2/c1-10-3-2-8-13(10)9-11-4-6-12-7-5-11/h4-7,10H,2-3,8-9H2,1H3. The van der Waals surface area contributed by atoms with Gasteiger partial charge in [0.15, 0.2) is 0 Å². The van der Waals surface area contributed by atoms with Crippen LogP contribution in [0.25, 0.3) is 0 Å². The van der Waals surface area contributed by atoms with Crippen molar-refractivity contribution < 1.29 is 0 Å². The molecule has 2 heterocycles. The lowest BCUT2D eigenvalue weighted by molar-refractivity contribution is 0.260. The van der Waals surface area contributed by atoms with Crippen LogP contribution in [-0.4, -0.2) is 22.5 Å². The van der Waals surface area contributed by atoms with Gasteiger partial charge in [0.1, 0.15) is 0 Å². The van der Waals surface area contributed by atoms with Crippen LogP contribution < -0.4 is 0 Å². The van der Waals surface area contributed by atoms with Gasteiger partial charge in [-0.05, 0) is 44.0 Å². The van der Waals surface area contributed by atoms with Crippen LogP contribution in [0.5, 0.6) is 0 Å². The highest BCUT2D eigenvalue weighted by atomic mass is 15.2. The average molecular weight is 176 g/mol. The first-order chi connectivity index (χ1) is 6.36. The third kappa shape index (κ3) is 2.07. The molecular weight excluding hydrogens is 160 g/mol. The Kier molecular flexibility index (Phi) is 2.60. The fourth-order valence-corrected chi connectivity index (χ4v) is 1.95. The maximum atomic E-state index is 4.02. The van der Waals surface area contributed by atoms with Gasteiger partial charge < -0.3 is 0 Å². The summed E-state index contributed by atoms with van der Waals surface area (Å²) in [6.07, 6.45) is 6.45. The SMILES string of the molecule is CC1CCCN1Cc1ccncc1. The third-order valence-electron chi connectivity index (χ3n) is 2.83. The summed E-state index contributed by atoms with van der Waals surface area (Å²) in [5.74, 6) is 0. The molecule has 1 aromatic rings. The van der Waals surface area contributed by atoms with Gasteiger partial charge in [-0.1, -0.05) is 0 Å². The first-order valence-electron chi connectivity index (χ1n) is 4.99. The lowest BCUT2D eigenvalue weighted by Gasteiger charge is -2.20. The van der Waals surface area contributed by atoms with Gasteiger partial charge in [0, 0.05) is 25.0 Å². The second-order valence-corrected chi connectivity index (χ2v) is 3.82. The maximum absolute atomic E-state index is 4.02. The highest BCUT2D eigenvalue weighted by molar-refractivity contribution is 5.09. The Morgan fingerprint density at radius 3 is 2.85 bits per heavy atom. The van der Waals surface area contributed by atoms with Crippen molar-refractivity contribution in [1.82, 2.24) is 9.88 Å². The van der Waals surface area contributed by atoms with E-state index in [9.17, 15) is 0 Å². The maximum Gasteiger partial charge on any atom is 0.0271 e. The zero-order valence-corrected chi connectivity index (χ0v) is 8.11. The van der Waals surface area contributed by atoms with Gasteiger partial charge in [-0.15, -0.1) is 0 Å². The van der Waals surface area contributed by atoms with Crippen molar-refractivity contribution in [2.75, 3.05) is 6.54 Å². The highest BCUT2D eigenvalue weighted by Gasteiger charge is 2.19. The van der Waals surface area contributed by atoms with Crippen molar-refractivity contribution in [2.45, 2.75) is 32.4 Å². The smallest absolute Gasteiger partial charge is 0.0271 e. The summed E-state index contributed by atoms with van der Waals surface area (Å²) in [6.45, 7) is 4.65. The fourth-order valence-electron chi connectivity index (χ4n) is 1.95. The van der Waals surface area contributed by atoms with E-state index in [4.69, 9.17) is 0 Å². The molecule has 0 spiro atoms. The highest BCUT2D eigenvalue weighted by Crippen LogP contribution is 2.18. The molecule has 0 aromatic carbocycles. The van der Waals surface area contributed by atoms with Crippen LogP contribution in [0.2, 0.25) is 0 Å². The zero-order valence-electron chi connectivity index (χ0n) is 8.11. The lowest BCUT2D eigenvalue weighted by Crippen LogP contribution is -2.26. The molecule has 1 atom stereocenters. The minimum Gasteiger partial charge on any atom is -0.296 e. The number of hydrogen-bond acceptors (Lipinski definition) is 2. The Balaban J connectivity index is 1.98. The molecule has 0 bridgehead atoms. The van der Waals surface area contributed by atoms with E-state index in [1.165, 1.54) is 24.9 Å². The Labute approximate surface area is 79.6 Å². The normalized spacial score (nSPS) is 23.6. The molecule has 0 N–H and O–H groups in total. The van der Waals surface area contributed by atoms with Gasteiger partial charge in [-0.3, -0.25) is 9.88 Å². The monoisotopic (exact) mass is 176 g/mol. The molecule has 13 heavy (non-hydrogen) atoms. The zero-order chi connectivity index (χ0) is 9.10. The molecular formula is C11H16N2. The molecule has 1 aliphatic heterocycles. The number of likely N-dealkylation sites (tertiary alicyclic amines) is 1. The number of hydrogen-bond donors (Lipinski definition) is 0. The Bertz CT molecular complexity index is 258. The topological polar surface area (TPSA) is 16.1 Å². The van der Waals surface area contributed by atoms with Gasteiger partial charge in [0.2, 0.25) is 0 Å². The third-order valence-corrected chi connectivity index (χ3v) is 2.83. The van der Waals surface area contributed by atoms with Crippen LogP contribution >= 0.6 is 0 Å². The van der Waals surface area contributed by atoms with Crippen LogP contribution in [0.1, 0.15) is 25.3 Å². The summed E-state index contributed by atoms with van der Waals surface area (Å²) in [7, 11) is 0. The average Bonchev–Trinajstić information content (AvgIpc) is 2.54. The van der Waals surface area contributed by atoms with Gasteiger partial charge >= 0.3 is 0 Å². The van der Waals surface area contributed by atoms with E-state index in [0.717, 1.165) is 12.6 Å². The van der Waals surface area contributed by atoms with Crippen LogP contribution in [0.3, 0.4) is 0 Å².